The Hall–Kier alpha value is -0.650. The van der Waals surface area contributed by atoms with Crippen molar-refractivity contribution in [3.63, 3.8) is 0 Å². The third-order valence-electron chi connectivity index (χ3n) is 3.31. The molecule has 0 bridgehead atoms. The molecule has 1 heterocycles. The summed E-state index contributed by atoms with van der Waals surface area (Å²) in [6.07, 6.45) is 3.35. The maximum atomic E-state index is 11.8. The van der Waals surface area contributed by atoms with Crippen LogP contribution in [0.4, 0.5) is 5.13 Å². The molecule has 1 aromatic heterocycles. The molecule has 0 aromatic carbocycles. The van der Waals surface area contributed by atoms with E-state index < -0.39 is 6.04 Å². The Morgan fingerprint density at radius 3 is 2.89 bits per heavy atom. The summed E-state index contributed by atoms with van der Waals surface area (Å²) in [5.41, 5.74) is 6.98. The van der Waals surface area contributed by atoms with E-state index in [0.29, 0.717) is 11.0 Å². The molecule has 102 valence electrons. The molecular weight excluding hydrogens is 270 g/mol. The largest absolute Gasteiger partial charge is 0.320 e. The molecule has 18 heavy (non-hydrogen) atoms. The highest BCUT2D eigenvalue weighted by molar-refractivity contribution is 7.13. The number of amides is 1. The van der Waals surface area contributed by atoms with Gasteiger partial charge in [0.2, 0.25) is 5.91 Å². The van der Waals surface area contributed by atoms with Crippen LogP contribution in [0.3, 0.4) is 0 Å². The van der Waals surface area contributed by atoms with Gasteiger partial charge in [-0.05, 0) is 18.8 Å². The normalized spacial score (nSPS) is 17.7. The number of anilines is 1. The van der Waals surface area contributed by atoms with E-state index in [1.54, 1.807) is 0 Å². The molecule has 4 nitrogen and oxygen atoms in total. The van der Waals surface area contributed by atoms with E-state index >= 15 is 0 Å². The van der Waals surface area contributed by atoms with E-state index in [9.17, 15) is 4.79 Å². The number of nitrogens with two attached hydrogens (primary N) is 1. The summed E-state index contributed by atoms with van der Waals surface area (Å²) in [5.74, 6) is 0.689. The zero-order valence-corrected chi connectivity index (χ0v) is 12.3. The molecular formula is C12H20ClN3OS. The summed E-state index contributed by atoms with van der Waals surface area (Å²) < 4.78 is 0. The van der Waals surface area contributed by atoms with Crippen LogP contribution in [0.25, 0.3) is 0 Å². The lowest BCUT2D eigenvalue weighted by atomic mass is 10.00. The lowest BCUT2D eigenvalue weighted by molar-refractivity contribution is -0.118. The lowest BCUT2D eigenvalue weighted by Crippen LogP contribution is -2.40. The highest BCUT2D eigenvalue weighted by atomic mass is 35.5. The number of thiazole rings is 1. The van der Waals surface area contributed by atoms with Gasteiger partial charge in [-0.1, -0.05) is 20.3 Å². The zero-order valence-electron chi connectivity index (χ0n) is 10.7. The van der Waals surface area contributed by atoms with Crippen molar-refractivity contribution in [1.82, 2.24) is 4.98 Å². The van der Waals surface area contributed by atoms with Crippen LogP contribution < -0.4 is 11.1 Å². The minimum atomic E-state index is -0.451. The van der Waals surface area contributed by atoms with Crippen LogP contribution in [-0.2, 0) is 4.79 Å². The van der Waals surface area contributed by atoms with E-state index in [1.807, 2.05) is 19.2 Å². The number of nitrogens with zero attached hydrogens (tertiary/aromatic N) is 1. The van der Waals surface area contributed by atoms with Gasteiger partial charge in [-0.25, -0.2) is 4.98 Å². The van der Waals surface area contributed by atoms with Crippen molar-refractivity contribution in [2.45, 2.75) is 45.1 Å². The molecule has 1 amide bonds. The molecule has 1 aromatic rings. The topological polar surface area (TPSA) is 68.0 Å². The minimum Gasteiger partial charge on any atom is -0.320 e. The standard InChI is InChI=1S/C12H19N3OS.ClH/c1-3-7(2)10(13)11(16)15-12-14-9(6-17-12)8-4-5-8;/h6-8,10H,3-5,13H2,1-2H3,(H,14,15,16);1H. The fourth-order valence-electron chi connectivity index (χ4n) is 1.61. The number of carbonyl (C=O) groups excluding carboxylic acids is 1. The Morgan fingerprint density at radius 2 is 2.33 bits per heavy atom. The summed E-state index contributed by atoms with van der Waals surface area (Å²) in [7, 11) is 0. The van der Waals surface area contributed by atoms with Gasteiger partial charge in [0.15, 0.2) is 5.13 Å². The maximum Gasteiger partial charge on any atom is 0.243 e. The molecule has 1 saturated carbocycles. The number of hydrogen-bond acceptors (Lipinski definition) is 4. The molecule has 2 unspecified atom stereocenters. The van der Waals surface area contributed by atoms with E-state index in [0.717, 1.165) is 12.1 Å². The second-order valence-electron chi connectivity index (χ2n) is 4.75. The molecule has 2 rings (SSSR count). The molecule has 0 spiro atoms. The Balaban J connectivity index is 0.00000162. The van der Waals surface area contributed by atoms with Crippen LogP contribution in [0.1, 0.15) is 44.7 Å². The molecule has 0 saturated heterocycles. The Bertz CT molecular complexity index is 406. The number of rotatable bonds is 5. The van der Waals surface area contributed by atoms with Gasteiger partial charge in [0.25, 0.3) is 0 Å². The fourth-order valence-corrected chi connectivity index (χ4v) is 2.41. The lowest BCUT2D eigenvalue weighted by Gasteiger charge is -2.16. The SMILES string of the molecule is CCC(C)C(N)C(=O)Nc1nc(C2CC2)cs1.Cl. The van der Waals surface area contributed by atoms with Crippen LogP contribution >= 0.6 is 23.7 Å². The number of halogens is 1. The van der Waals surface area contributed by atoms with Crippen LogP contribution in [0.2, 0.25) is 0 Å². The third kappa shape index (κ3) is 3.67. The van der Waals surface area contributed by atoms with Crippen molar-refractivity contribution < 1.29 is 4.79 Å². The molecule has 3 N–H and O–H groups in total. The van der Waals surface area contributed by atoms with Gasteiger partial charge >= 0.3 is 0 Å². The summed E-state index contributed by atoms with van der Waals surface area (Å²) in [6, 6.07) is -0.451. The summed E-state index contributed by atoms with van der Waals surface area (Å²) in [5, 5.41) is 5.51. The second-order valence-corrected chi connectivity index (χ2v) is 5.61. The van der Waals surface area contributed by atoms with Crippen molar-refractivity contribution in [1.29, 1.82) is 0 Å². The molecule has 6 heteroatoms. The summed E-state index contributed by atoms with van der Waals surface area (Å²) in [4.78, 5) is 16.2. The van der Waals surface area contributed by atoms with Gasteiger partial charge in [-0.3, -0.25) is 4.79 Å². The van der Waals surface area contributed by atoms with E-state index in [-0.39, 0.29) is 24.2 Å². The van der Waals surface area contributed by atoms with E-state index in [1.165, 1.54) is 24.2 Å². The van der Waals surface area contributed by atoms with Crippen molar-refractivity contribution in [2.24, 2.45) is 11.7 Å². The number of nitrogens with one attached hydrogen (secondary N) is 1. The van der Waals surface area contributed by atoms with Gasteiger partial charge in [-0.15, -0.1) is 23.7 Å². The first-order chi connectivity index (χ1) is 8.11. The number of hydrogen-bond donors (Lipinski definition) is 2. The second kappa shape index (κ2) is 6.50. The highest BCUT2D eigenvalue weighted by Gasteiger charge is 2.27. The first-order valence-electron chi connectivity index (χ1n) is 6.13. The van der Waals surface area contributed by atoms with Crippen LogP contribution in [0, 0.1) is 5.92 Å². The van der Waals surface area contributed by atoms with E-state index in [4.69, 9.17) is 5.73 Å². The minimum absolute atomic E-state index is 0. The van der Waals surface area contributed by atoms with Crippen LogP contribution in [-0.4, -0.2) is 16.9 Å². The maximum absolute atomic E-state index is 11.8. The Labute approximate surface area is 118 Å². The molecule has 1 fully saturated rings. The summed E-state index contributed by atoms with van der Waals surface area (Å²) in [6.45, 7) is 4.02. The predicted molar refractivity (Wildman–Crippen MR) is 77.4 cm³/mol. The van der Waals surface area contributed by atoms with Gasteiger partial charge in [0.1, 0.15) is 0 Å². The van der Waals surface area contributed by atoms with Crippen LogP contribution in [0.15, 0.2) is 5.38 Å². The van der Waals surface area contributed by atoms with Gasteiger partial charge in [0.05, 0.1) is 11.7 Å². The average Bonchev–Trinajstić information content (AvgIpc) is 3.08. The molecule has 1 aliphatic carbocycles. The van der Waals surface area contributed by atoms with Crippen molar-refractivity contribution in [3.8, 4) is 0 Å². The predicted octanol–water partition coefficient (Wildman–Crippen LogP) is 2.75. The van der Waals surface area contributed by atoms with Crippen molar-refractivity contribution in [2.75, 3.05) is 5.32 Å². The highest BCUT2D eigenvalue weighted by Crippen LogP contribution is 2.40. The first kappa shape index (κ1) is 15.4. The van der Waals surface area contributed by atoms with Crippen molar-refractivity contribution >= 4 is 34.8 Å². The van der Waals surface area contributed by atoms with E-state index in [2.05, 4.69) is 10.3 Å². The van der Waals surface area contributed by atoms with Gasteiger partial charge < -0.3 is 11.1 Å². The van der Waals surface area contributed by atoms with Gasteiger partial charge in [0, 0.05) is 11.3 Å². The molecule has 1 aliphatic rings. The third-order valence-corrected chi connectivity index (χ3v) is 4.08. The quantitative estimate of drug-likeness (QED) is 0.876. The molecule has 2 atom stereocenters. The smallest absolute Gasteiger partial charge is 0.243 e. The molecule has 0 aliphatic heterocycles. The average molecular weight is 290 g/mol. The molecule has 0 radical (unpaired) electrons. The van der Waals surface area contributed by atoms with Crippen molar-refractivity contribution in [3.05, 3.63) is 11.1 Å². The Morgan fingerprint density at radius 1 is 1.67 bits per heavy atom. The zero-order chi connectivity index (χ0) is 12.4. The summed E-state index contributed by atoms with van der Waals surface area (Å²) >= 11 is 1.48. The fraction of sp³-hybridized carbons (Fsp3) is 0.667. The monoisotopic (exact) mass is 289 g/mol. The first-order valence-corrected chi connectivity index (χ1v) is 7.01. The number of aromatic nitrogens is 1. The Kier molecular flexibility index (Phi) is 5.56. The van der Waals surface area contributed by atoms with Gasteiger partial charge in [-0.2, -0.15) is 0 Å². The number of carbonyl (C=O) groups is 1. The van der Waals surface area contributed by atoms with Crippen LogP contribution in [0.5, 0.6) is 0 Å².